The quantitative estimate of drug-likeness (QED) is 0.940. The van der Waals surface area contributed by atoms with Gasteiger partial charge in [-0.05, 0) is 41.3 Å². The van der Waals surface area contributed by atoms with Gasteiger partial charge < -0.3 is 14.8 Å². The predicted molar refractivity (Wildman–Crippen MR) is 84.3 cm³/mol. The Morgan fingerprint density at radius 1 is 1.09 bits per heavy atom. The molecule has 1 N–H and O–H groups in total. The highest BCUT2D eigenvalue weighted by atomic mass is 16.7. The van der Waals surface area contributed by atoms with Crippen LogP contribution in [-0.4, -0.2) is 12.7 Å². The van der Waals surface area contributed by atoms with Crippen LogP contribution in [0.5, 0.6) is 11.5 Å². The number of carbonyl (C=O) groups excluding carboxylic acids is 1. The maximum absolute atomic E-state index is 12.2. The van der Waals surface area contributed by atoms with Gasteiger partial charge in [-0.3, -0.25) is 4.79 Å². The second-order valence-corrected chi connectivity index (χ2v) is 5.65. The van der Waals surface area contributed by atoms with Crippen molar-refractivity contribution in [3.63, 3.8) is 0 Å². The van der Waals surface area contributed by atoms with Crippen LogP contribution in [0, 0.1) is 0 Å². The Kier molecular flexibility index (Phi) is 4.00. The van der Waals surface area contributed by atoms with E-state index in [4.69, 9.17) is 9.47 Å². The van der Waals surface area contributed by atoms with Crippen molar-refractivity contribution in [2.24, 2.45) is 0 Å². The van der Waals surface area contributed by atoms with Gasteiger partial charge in [0, 0.05) is 12.1 Å². The van der Waals surface area contributed by atoms with E-state index < -0.39 is 0 Å². The molecule has 0 radical (unpaired) electrons. The highest BCUT2D eigenvalue weighted by Crippen LogP contribution is 2.32. The number of carbonyl (C=O) groups is 1. The second-order valence-electron chi connectivity index (χ2n) is 5.65. The molecule has 0 fully saturated rings. The fourth-order valence-electron chi connectivity index (χ4n) is 2.35. The first-order valence-corrected chi connectivity index (χ1v) is 7.40. The average Bonchev–Trinajstić information content (AvgIpc) is 3.00. The van der Waals surface area contributed by atoms with Crippen molar-refractivity contribution in [2.45, 2.75) is 26.3 Å². The van der Waals surface area contributed by atoms with Gasteiger partial charge in [0.2, 0.25) is 6.79 Å². The largest absolute Gasteiger partial charge is 0.454 e. The van der Waals surface area contributed by atoms with Crippen LogP contribution < -0.4 is 14.8 Å². The fourth-order valence-corrected chi connectivity index (χ4v) is 2.35. The number of benzene rings is 2. The van der Waals surface area contributed by atoms with E-state index in [2.05, 4.69) is 19.2 Å². The van der Waals surface area contributed by atoms with Crippen molar-refractivity contribution < 1.29 is 14.3 Å². The Morgan fingerprint density at radius 3 is 2.55 bits per heavy atom. The molecule has 3 rings (SSSR count). The van der Waals surface area contributed by atoms with Crippen LogP contribution in [0.4, 0.5) is 0 Å². The topological polar surface area (TPSA) is 47.6 Å². The van der Waals surface area contributed by atoms with Crippen LogP contribution in [0.3, 0.4) is 0 Å². The van der Waals surface area contributed by atoms with Crippen LogP contribution in [0.1, 0.15) is 41.3 Å². The monoisotopic (exact) mass is 297 g/mol. The number of hydrogen-bond acceptors (Lipinski definition) is 3. The number of ether oxygens (including phenoxy) is 2. The van der Waals surface area contributed by atoms with Gasteiger partial charge in [-0.25, -0.2) is 0 Å². The molecular formula is C18H19NO3. The molecule has 0 aliphatic carbocycles. The van der Waals surface area contributed by atoms with E-state index >= 15 is 0 Å². The summed E-state index contributed by atoms with van der Waals surface area (Å²) in [5.74, 6) is 1.87. The molecule has 0 saturated heterocycles. The first-order chi connectivity index (χ1) is 10.6. The van der Waals surface area contributed by atoms with Crippen LogP contribution in [0.15, 0.2) is 42.5 Å². The van der Waals surface area contributed by atoms with Gasteiger partial charge in [-0.1, -0.05) is 32.0 Å². The zero-order valence-corrected chi connectivity index (χ0v) is 12.8. The summed E-state index contributed by atoms with van der Waals surface area (Å²) >= 11 is 0. The van der Waals surface area contributed by atoms with Gasteiger partial charge in [0.25, 0.3) is 5.91 Å². The smallest absolute Gasteiger partial charge is 0.251 e. The molecule has 1 heterocycles. The molecule has 2 aromatic carbocycles. The lowest BCUT2D eigenvalue weighted by atomic mass is 10.0. The molecule has 2 aromatic rings. The Labute approximate surface area is 130 Å². The molecule has 4 nitrogen and oxygen atoms in total. The summed E-state index contributed by atoms with van der Waals surface area (Å²) in [7, 11) is 0. The molecule has 114 valence electrons. The zero-order valence-electron chi connectivity index (χ0n) is 12.8. The molecule has 4 heteroatoms. The Balaban J connectivity index is 1.62. The van der Waals surface area contributed by atoms with Crippen molar-refractivity contribution in [3.8, 4) is 11.5 Å². The minimum absolute atomic E-state index is 0.0760. The SMILES string of the molecule is CC(C)c1ccc(C(=O)NCc2ccc3c(c2)OCO3)cc1. The van der Waals surface area contributed by atoms with E-state index in [9.17, 15) is 4.79 Å². The number of rotatable bonds is 4. The fraction of sp³-hybridized carbons (Fsp3) is 0.278. The lowest BCUT2D eigenvalue weighted by Crippen LogP contribution is -2.22. The maximum atomic E-state index is 12.2. The zero-order chi connectivity index (χ0) is 15.5. The average molecular weight is 297 g/mol. The third-order valence-electron chi connectivity index (χ3n) is 3.73. The molecule has 0 atom stereocenters. The molecule has 22 heavy (non-hydrogen) atoms. The van der Waals surface area contributed by atoms with Crippen LogP contribution in [-0.2, 0) is 6.54 Å². The van der Waals surface area contributed by atoms with Crippen LogP contribution in [0.2, 0.25) is 0 Å². The summed E-state index contributed by atoms with van der Waals surface area (Å²) in [6.07, 6.45) is 0. The number of hydrogen-bond donors (Lipinski definition) is 1. The highest BCUT2D eigenvalue weighted by molar-refractivity contribution is 5.94. The molecule has 0 spiro atoms. The normalized spacial score (nSPS) is 12.5. The first-order valence-electron chi connectivity index (χ1n) is 7.40. The van der Waals surface area contributed by atoms with Crippen molar-refractivity contribution in [1.29, 1.82) is 0 Å². The van der Waals surface area contributed by atoms with Crippen LogP contribution >= 0.6 is 0 Å². The van der Waals surface area contributed by atoms with Gasteiger partial charge in [0.05, 0.1) is 0 Å². The summed E-state index contributed by atoms with van der Waals surface area (Å²) in [5, 5.41) is 2.92. The summed E-state index contributed by atoms with van der Waals surface area (Å²) in [5.41, 5.74) is 2.88. The molecular weight excluding hydrogens is 278 g/mol. The van der Waals surface area contributed by atoms with Gasteiger partial charge >= 0.3 is 0 Å². The minimum Gasteiger partial charge on any atom is -0.454 e. The van der Waals surface area contributed by atoms with E-state index in [0.29, 0.717) is 18.0 Å². The van der Waals surface area contributed by atoms with Gasteiger partial charge in [-0.15, -0.1) is 0 Å². The third kappa shape index (κ3) is 3.06. The van der Waals surface area contributed by atoms with E-state index in [1.807, 2.05) is 42.5 Å². The predicted octanol–water partition coefficient (Wildman–Crippen LogP) is 3.47. The van der Waals surface area contributed by atoms with E-state index in [-0.39, 0.29) is 12.7 Å². The lowest BCUT2D eigenvalue weighted by molar-refractivity contribution is 0.0951. The maximum Gasteiger partial charge on any atom is 0.251 e. The second kappa shape index (κ2) is 6.10. The van der Waals surface area contributed by atoms with Crippen molar-refractivity contribution in [3.05, 3.63) is 59.2 Å². The summed E-state index contributed by atoms with van der Waals surface area (Å²) in [4.78, 5) is 12.2. The Hall–Kier alpha value is -2.49. The van der Waals surface area contributed by atoms with Crippen molar-refractivity contribution >= 4 is 5.91 Å². The molecule has 0 aromatic heterocycles. The van der Waals surface area contributed by atoms with Crippen molar-refractivity contribution in [2.75, 3.05) is 6.79 Å². The molecule has 1 aliphatic rings. The van der Waals surface area contributed by atoms with Crippen molar-refractivity contribution in [1.82, 2.24) is 5.32 Å². The molecule has 0 bridgehead atoms. The van der Waals surface area contributed by atoms with Crippen LogP contribution in [0.25, 0.3) is 0 Å². The van der Waals surface area contributed by atoms with Gasteiger partial charge in [0.1, 0.15) is 0 Å². The molecule has 0 saturated carbocycles. The third-order valence-corrected chi connectivity index (χ3v) is 3.73. The molecule has 1 aliphatic heterocycles. The molecule has 1 amide bonds. The number of fused-ring (bicyclic) bond motifs is 1. The lowest BCUT2D eigenvalue weighted by Gasteiger charge is -2.08. The summed E-state index contributed by atoms with van der Waals surface area (Å²) in [6, 6.07) is 13.4. The standard InChI is InChI=1S/C18H19NO3/c1-12(2)14-4-6-15(7-5-14)18(20)19-10-13-3-8-16-17(9-13)22-11-21-16/h3-9,12H,10-11H2,1-2H3,(H,19,20). The molecule has 0 unspecified atom stereocenters. The Morgan fingerprint density at radius 2 is 1.82 bits per heavy atom. The van der Waals surface area contributed by atoms with E-state index in [1.54, 1.807) is 0 Å². The number of amides is 1. The summed E-state index contributed by atoms with van der Waals surface area (Å²) < 4.78 is 10.6. The number of nitrogens with one attached hydrogen (secondary N) is 1. The Bertz CT molecular complexity index is 677. The summed E-state index contributed by atoms with van der Waals surface area (Å²) in [6.45, 7) is 4.98. The van der Waals surface area contributed by atoms with E-state index in [1.165, 1.54) is 5.56 Å². The van der Waals surface area contributed by atoms with E-state index in [0.717, 1.165) is 17.1 Å². The first kappa shape index (κ1) is 14.4. The van der Waals surface area contributed by atoms with Gasteiger partial charge in [0.15, 0.2) is 11.5 Å². The van der Waals surface area contributed by atoms with Gasteiger partial charge in [-0.2, -0.15) is 0 Å². The highest BCUT2D eigenvalue weighted by Gasteiger charge is 2.13. The minimum atomic E-state index is -0.0760.